The highest BCUT2D eigenvalue weighted by molar-refractivity contribution is 8.47. The SMILES string of the molecule is CSC(=S)SCC(CC(Cc1ccccc1)C(=O)NCC[N+](C)(C)CCCS(=O)(=O)[O-])C(=O)NCCc1cn(C(=O)OC(C)(C)C)cn1. The third-order valence-electron chi connectivity index (χ3n) is 7.30. The molecule has 2 aromatic rings. The molecule has 0 fully saturated rings. The first-order valence-corrected chi connectivity index (χ1v) is 19.9. The Hall–Kier alpha value is -2.50. The maximum absolute atomic E-state index is 13.6. The lowest BCUT2D eigenvalue weighted by atomic mass is 9.88. The normalized spacial score (nSPS) is 13.4. The zero-order chi connectivity index (χ0) is 36.0. The van der Waals surface area contributed by atoms with Crippen LogP contribution in [0.3, 0.4) is 0 Å². The molecule has 268 valence electrons. The fourth-order valence-electron chi connectivity index (χ4n) is 4.78. The Kier molecular flexibility index (Phi) is 17.0. The fraction of sp³-hybridized carbons (Fsp3) is 0.594. The molecule has 0 bridgehead atoms. The summed E-state index contributed by atoms with van der Waals surface area (Å²) in [5.74, 6) is -1.41. The van der Waals surface area contributed by atoms with Gasteiger partial charge < -0.3 is 24.4 Å². The summed E-state index contributed by atoms with van der Waals surface area (Å²) in [6.07, 6.45) is 5.68. The van der Waals surface area contributed by atoms with E-state index in [0.29, 0.717) is 58.4 Å². The van der Waals surface area contributed by atoms with Crippen molar-refractivity contribution in [3.63, 3.8) is 0 Å². The molecule has 0 saturated heterocycles. The number of carbonyl (C=O) groups excluding carboxylic acids is 3. The van der Waals surface area contributed by atoms with Gasteiger partial charge in [-0.1, -0.05) is 42.5 Å². The Morgan fingerprint density at radius 2 is 1.71 bits per heavy atom. The molecule has 2 N–H and O–H groups in total. The number of thiocarbonyl (C=S) groups is 1. The minimum Gasteiger partial charge on any atom is -0.748 e. The van der Waals surface area contributed by atoms with Gasteiger partial charge >= 0.3 is 6.09 Å². The molecule has 2 rings (SSSR count). The van der Waals surface area contributed by atoms with E-state index < -0.39 is 39.4 Å². The van der Waals surface area contributed by atoms with E-state index in [1.807, 2.05) is 50.7 Å². The molecule has 0 saturated carbocycles. The van der Waals surface area contributed by atoms with Crippen LogP contribution in [0, 0.1) is 11.8 Å². The van der Waals surface area contributed by atoms with Crippen LogP contribution in [0.4, 0.5) is 4.79 Å². The molecule has 48 heavy (non-hydrogen) atoms. The third-order valence-corrected chi connectivity index (χ3v) is 10.9. The second kappa shape index (κ2) is 19.6. The summed E-state index contributed by atoms with van der Waals surface area (Å²) in [5, 5.41) is 6.01. The van der Waals surface area contributed by atoms with Gasteiger partial charge in [0.1, 0.15) is 15.5 Å². The number of benzene rings is 1. The summed E-state index contributed by atoms with van der Waals surface area (Å²) in [7, 11) is -0.443. The minimum atomic E-state index is -4.27. The predicted molar refractivity (Wildman–Crippen MR) is 195 cm³/mol. The highest BCUT2D eigenvalue weighted by atomic mass is 32.2. The lowest BCUT2D eigenvalue weighted by molar-refractivity contribution is -0.889. The highest BCUT2D eigenvalue weighted by Gasteiger charge is 2.29. The van der Waals surface area contributed by atoms with Crippen LogP contribution >= 0.6 is 35.7 Å². The van der Waals surface area contributed by atoms with Crippen molar-refractivity contribution >= 4 is 67.3 Å². The molecule has 1 heterocycles. The van der Waals surface area contributed by atoms with Gasteiger partial charge in [0.2, 0.25) is 11.8 Å². The number of hydrogen-bond acceptors (Lipinski definition) is 11. The van der Waals surface area contributed by atoms with Crippen molar-refractivity contribution in [2.45, 2.75) is 52.1 Å². The molecule has 2 unspecified atom stereocenters. The molecule has 0 spiro atoms. The van der Waals surface area contributed by atoms with Crippen LogP contribution in [0.2, 0.25) is 0 Å². The number of carbonyl (C=O) groups is 3. The topological polar surface area (TPSA) is 160 Å². The molecule has 16 heteroatoms. The first kappa shape index (κ1) is 41.7. The third kappa shape index (κ3) is 17.2. The Labute approximate surface area is 298 Å². The molecule has 1 aromatic heterocycles. The van der Waals surface area contributed by atoms with Crippen LogP contribution in [0.1, 0.15) is 44.9 Å². The van der Waals surface area contributed by atoms with E-state index in [-0.39, 0.29) is 24.8 Å². The van der Waals surface area contributed by atoms with E-state index >= 15 is 0 Å². The number of rotatable bonds is 18. The summed E-state index contributed by atoms with van der Waals surface area (Å²) < 4.78 is 40.7. The minimum absolute atomic E-state index is 0.177. The van der Waals surface area contributed by atoms with Gasteiger partial charge in [-0.3, -0.25) is 9.59 Å². The number of likely N-dealkylation sites (N-methyl/N-ethyl adjacent to an activating group) is 1. The van der Waals surface area contributed by atoms with E-state index in [2.05, 4.69) is 15.6 Å². The van der Waals surface area contributed by atoms with Crippen molar-refractivity contribution < 1.29 is 36.6 Å². The molecule has 0 aliphatic carbocycles. The number of nitrogens with zero attached hydrogens (tertiary/aromatic N) is 3. The van der Waals surface area contributed by atoms with Gasteiger partial charge in [0.15, 0.2) is 0 Å². The average molecular weight is 744 g/mol. The van der Waals surface area contributed by atoms with Gasteiger partial charge in [0, 0.05) is 48.9 Å². The van der Waals surface area contributed by atoms with Crippen molar-refractivity contribution in [2.75, 3.05) is 58.0 Å². The van der Waals surface area contributed by atoms with Crippen molar-refractivity contribution in [3.05, 3.63) is 54.1 Å². The molecule has 2 atom stereocenters. The summed E-state index contributed by atoms with van der Waals surface area (Å²) in [6.45, 7) is 6.99. The molecule has 0 radical (unpaired) electrons. The number of thioether (sulfide) groups is 2. The van der Waals surface area contributed by atoms with Gasteiger partial charge in [-0.2, -0.15) is 0 Å². The van der Waals surface area contributed by atoms with E-state index in [0.717, 1.165) is 5.56 Å². The number of aromatic nitrogens is 2. The number of amides is 2. The van der Waals surface area contributed by atoms with E-state index in [9.17, 15) is 27.4 Å². The van der Waals surface area contributed by atoms with Gasteiger partial charge in [-0.05, 0) is 45.4 Å². The Morgan fingerprint density at radius 1 is 1.06 bits per heavy atom. The van der Waals surface area contributed by atoms with Crippen LogP contribution in [0.15, 0.2) is 42.9 Å². The number of hydrogen-bond donors (Lipinski definition) is 2. The van der Waals surface area contributed by atoms with Crippen molar-refractivity contribution in [1.82, 2.24) is 20.2 Å². The van der Waals surface area contributed by atoms with Gasteiger partial charge in [-0.15, -0.1) is 23.5 Å². The van der Waals surface area contributed by atoms with Crippen LogP contribution in [0.25, 0.3) is 0 Å². The zero-order valence-electron chi connectivity index (χ0n) is 28.6. The fourth-order valence-corrected chi connectivity index (χ4v) is 6.76. The van der Waals surface area contributed by atoms with Crippen molar-refractivity contribution in [3.8, 4) is 0 Å². The predicted octanol–water partition coefficient (Wildman–Crippen LogP) is 3.70. The number of imidazole rings is 1. The monoisotopic (exact) mass is 743 g/mol. The lowest BCUT2D eigenvalue weighted by Crippen LogP contribution is -2.47. The summed E-state index contributed by atoms with van der Waals surface area (Å²) in [6, 6.07) is 9.63. The Morgan fingerprint density at radius 3 is 2.33 bits per heavy atom. The molecule has 0 aliphatic rings. The summed E-state index contributed by atoms with van der Waals surface area (Å²) in [4.78, 5) is 43.8. The number of quaternary nitrogens is 1. The maximum Gasteiger partial charge on any atom is 0.419 e. The highest BCUT2D eigenvalue weighted by Crippen LogP contribution is 2.25. The number of ether oxygens (including phenoxy) is 1. The molecule has 12 nitrogen and oxygen atoms in total. The smallest absolute Gasteiger partial charge is 0.419 e. The second-order valence-corrected chi connectivity index (χ2v) is 17.7. The maximum atomic E-state index is 13.6. The van der Waals surface area contributed by atoms with Gasteiger partial charge in [-0.25, -0.2) is 22.8 Å². The zero-order valence-corrected chi connectivity index (χ0v) is 31.9. The van der Waals surface area contributed by atoms with E-state index in [1.165, 1.54) is 34.4 Å². The summed E-state index contributed by atoms with van der Waals surface area (Å²) >= 11 is 8.24. The first-order valence-electron chi connectivity index (χ1n) is 15.7. The van der Waals surface area contributed by atoms with E-state index in [4.69, 9.17) is 17.0 Å². The van der Waals surface area contributed by atoms with Crippen LogP contribution in [-0.4, -0.2) is 112 Å². The molecule has 1 aromatic carbocycles. The Balaban J connectivity index is 2.09. The van der Waals surface area contributed by atoms with E-state index in [1.54, 1.807) is 27.0 Å². The largest absolute Gasteiger partial charge is 0.748 e. The first-order chi connectivity index (χ1) is 22.4. The lowest BCUT2D eigenvalue weighted by Gasteiger charge is -2.30. The van der Waals surface area contributed by atoms with Crippen LogP contribution in [-0.2, 0) is 37.3 Å². The van der Waals surface area contributed by atoms with Crippen molar-refractivity contribution in [1.29, 1.82) is 0 Å². The van der Waals surface area contributed by atoms with Crippen molar-refractivity contribution in [2.24, 2.45) is 11.8 Å². The molecular formula is C32H49N5O7S4. The van der Waals surface area contributed by atoms with Gasteiger partial charge in [0.25, 0.3) is 0 Å². The summed E-state index contributed by atoms with van der Waals surface area (Å²) in [5.41, 5.74) is 0.950. The molecule has 0 aliphatic heterocycles. The molecular weight excluding hydrogens is 695 g/mol. The van der Waals surface area contributed by atoms with Crippen LogP contribution < -0.4 is 10.6 Å². The standard InChI is InChI=1S/C32H49N5O7S4/c1-32(2,3)44-30(40)36-21-27(35-23-36)13-14-33-29(39)26(22-47-31(45)46-6)20-25(19-24-11-8-7-9-12-24)28(38)34-15-17-37(4,5)16-10-18-48(41,42)43/h7-9,11-12,21,23,25-26H,10,13-20,22H2,1-6H3,(H2-,33,34,38,39,41,42,43). The Bertz CT molecular complexity index is 1460. The average Bonchev–Trinajstić information content (AvgIpc) is 3.46. The van der Waals surface area contributed by atoms with Gasteiger partial charge in [0.05, 0.1) is 49.5 Å². The molecule has 2 amide bonds. The van der Waals surface area contributed by atoms with Crippen LogP contribution in [0.5, 0.6) is 0 Å². The second-order valence-electron chi connectivity index (χ2n) is 13.2. The number of nitrogens with one attached hydrogen (secondary N) is 2. The quantitative estimate of drug-likeness (QED) is 0.130.